The Hall–Kier alpha value is -3.25. The predicted octanol–water partition coefficient (Wildman–Crippen LogP) is 5.69. The number of halogens is 1. The smallest absolute Gasteiger partial charge is 0.347 e. The highest BCUT2D eigenvalue weighted by Gasteiger charge is 2.20. The van der Waals surface area contributed by atoms with Gasteiger partial charge in [0.1, 0.15) is 28.1 Å². The number of benzene rings is 3. The van der Waals surface area contributed by atoms with Crippen LogP contribution in [0.5, 0.6) is 5.75 Å². The number of aromatic carboxylic acids is 1. The van der Waals surface area contributed by atoms with Gasteiger partial charge in [-0.05, 0) is 41.5 Å². The number of carbonyl (C=O) groups is 1. The van der Waals surface area contributed by atoms with Gasteiger partial charge in [0.05, 0.1) is 11.3 Å². The molecule has 0 aliphatic heterocycles. The van der Waals surface area contributed by atoms with Crippen molar-refractivity contribution >= 4 is 28.1 Å². The third kappa shape index (κ3) is 3.46. The molecule has 0 bridgehead atoms. The molecule has 0 atom stereocenters. The van der Waals surface area contributed by atoms with Crippen molar-refractivity contribution in [2.75, 3.05) is 0 Å². The molecule has 140 valence electrons. The van der Waals surface area contributed by atoms with Crippen molar-refractivity contribution in [3.05, 3.63) is 82.6 Å². The van der Waals surface area contributed by atoms with E-state index in [-0.39, 0.29) is 17.3 Å². The fourth-order valence-corrected chi connectivity index (χ4v) is 4.01. The maximum atomic E-state index is 13.1. The molecule has 4 rings (SSSR count). The van der Waals surface area contributed by atoms with Crippen LogP contribution < -0.4 is 4.74 Å². The first-order valence-corrected chi connectivity index (χ1v) is 9.44. The Morgan fingerprint density at radius 2 is 1.86 bits per heavy atom. The lowest BCUT2D eigenvalue weighted by Crippen LogP contribution is -1.98. The van der Waals surface area contributed by atoms with E-state index < -0.39 is 5.97 Å². The van der Waals surface area contributed by atoms with Crippen LogP contribution in [-0.2, 0) is 6.61 Å². The summed E-state index contributed by atoms with van der Waals surface area (Å²) in [5.41, 5.74) is 2.08. The number of hydrogen-bond acceptors (Lipinski definition) is 4. The summed E-state index contributed by atoms with van der Waals surface area (Å²) < 4.78 is 19.2. The zero-order valence-corrected chi connectivity index (χ0v) is 15.8. The highest BCUT2D eigenvalue weighted by atomic mass is 32.1. The van der Waals surface area contributed by atoms with E-state index in [1.165, 1.54) is 12.1 Å². The van der Waals surface area contributed by atoms with Crippen LogP contribution in [0.1, 0.15) is 20.9 Å². The van der Waals surface area contributed by atoms with Crippen LogP contribution in [-0.4, -0.2) is 16.1 Å². The second kappa shape index (κ2) is 7.40. The Balaban J connectivity index is 1.80. The SMILES string of the molecule is Cc1nc(-c2c(OCc3ccc(F)cc3)ccc3ccccc23)sc1C(=O)O. The topological polar surface area (TPSA) is 59.4 Å². The largest absolute Gasteiger partial charge is 0.488 e. The predicted molar refractivity (Wildman–Crippen MR) is 107 cm³/mol. The normalized spacial score (nSPS) is 10.9. The van der Waals surface area contributed by atoms with Crippen LogP contribution in [0.3, 0.4) is 0 Å². The monoisotopic (exact) mass is 393 g/mol. The van der Waals surface area contributed by atoms with Crippen molar-refractivity contribution in [2.45, 2.75) is 13.5 Å². The van der Waals surface area contributed by atoms with Gasteiger partial charge in [0.25, 0.3) is 0 Å². The van der Waals surface area contributed by atoms with Crippen molar-refractivity contribution in [3.63, 3.8) is 0 Å². The molecule has 0 fully saturated rings. The van der Waals surface area contributed by atoms with E-state index >= 15 is 0 Å². The molecule has 1 heterocycles. The lowest BCUT2D eigenvalue weighted by Gasteiger charge is -2.13. The van der Waals surface area contributed by atoms with Gasteiger partial charge in [0, 0.05) is 0 Å². The molecule has 28 heavy (non-hydrogen) atoms. The van der Waals surface area contributed by atoms with E-state index in [2.05, 4.69) is 4.98 Å². The third-order valence-electron chi connectivity index (χ3n) is 4.40. The van der Waals surface area contributed by atoms with Crippen LogP contribution in [0.2, 0.25) is 0 Å². The molecular formula is C22H16FNO3S. The molecule has 0 radical (unpaired) electrons. The first kappa shape index (κ1) is 18.1. The van der Waals surface area contributed by atoms with Crippen molar-refractivity contribution in [1.29, 1.82) is 0 Å². The van der Waals surface area contributed by atoms with Gasteiger partial charge in [-0.15, -0.1) is 11.3 Å². The minimum absolute atomic E-state index is 0.215. The number of rotatable bonds is 5. The van der Waals surface area contributed by atoms with Crippen LogP contribution in [0.15, 0.2) is 60.7 Å². The second-order valence-corrected chi connectivity index (χ2v) is 7.31. The summed E-state index contributed by atoms with van der Waals surface area (Å²) in [4.78, 5) is 16.2. The molecule has 0 unspecified atom stereocenters. The lowest BCUT2D eigenvalue weighted by molar-refractivity contribution is 0.0701. The average Bonchev–Trinajstić information content (AvgIpc) is 3.08. The number of nitrogens with zero attached hydrogens (tertiary/aromatic N) is 1. The first-order chi connectivity index (χ1) is 13.5. The highest BCUT2D eigenvalue weighted by Crippen LogP contribution is 2.40. The van der Waals surface area contributed by atoms with Gasteiger partial charge in [-0.3, -0.25) is 0 Å². The number of fused-ring (bicyclic) bond motifs is 1. The van der Waals surface area contributed by atoms with E-state index in [0.29, 0.717) is 16.5 Å². The van der Waals surface area contributed by atoms with E-state index in [1.54, 1.807) is 19.1 Å². The summed E-state index contributed by atoms with van der Waals surface area (Å²) in [6.07, 6.45) is 0. The number of hydrogen-bond donors (Lipinski definition) is 1. The summed E-state index contributed by atoms with van der Waals surface area (Å²) in [7, 11) is 0. The second-order valence-electron chi connectivity index (χ2n) is 6.31. The summed E-state index contributed by atoms with van der Waals surface area (Å²) >= 11 is 1.13. The molecule has 3 aromatic carbocycles. The zero-order valence-electron chi connectivity index (χ0n) is 15.0. The number of aryl methyl sites for hydroxylation is 1. The number of carboxylic acid groups (broad SMARTS) is 1. The molecule has 0 aliphatic carbocycles. The van der Waals surface area contributed by atoms with Gasteiger partial charge in [0.15, 0.2) is 0 Å². The van der Waals surface area contributed by atoms with E-state index in [1.807, 2.05) is 36.4 Å². The van der Waals surface area contributed by atoms with Gasteiger partial charge in [-0.1, -0.05) is 42.5 Å². The van der Waals surface area contributed by atoms with Crippen molar-refractivity contribution < 1.29 is 19.0 Å². The van der Waals surface area contributed by atoms with Crippen molar-refractivity contribution in [2.24, 2.45) is 0 Å². The third-order valence-corrected chi connectivity index (χ3v) is 5.57. The quantitative estimate of drug-likeness (QED) is 0.473. The summed E-state index contributed by atoms with van der Waals surface area (Å²) in [6, 6.07) is 17.8. The molecule has 1 aromatic heterocycles. The number of ether oxygens (including phenoxy) is 1. The number of carboxylic acids is 1. The van der Waals surface area contributed by atoms with Gasteiger partial charge in [0.2, 0.25) is 0 Å². The van der Waals surface area contributed by atoms with E-state index in [0.717, 1.165) is 33.2 Å². The molecular weight excluding hydrogens is 377 g/mol. The van der Waals surface area contributed by atoms with Gasteiger partial charge in [-0.2, -0.15) is 0 Å². The van der Waals surface area contributed by atoms with Gasteiger partial charge < -0.3 is 9.84 Å². The molecule has 4 nitrogen and oxygen atoms in total. The van der Waals surface area contributed by atoms with Gasteiger partial charge in [-0.25, -0.2) is 14.2 Å². The van der Waals surface area contributed by atoms with Crippen molar-refractivity contribution in [3.8, 4) is 16.3 Å². The molecule has 0 amide bonds. The number of thiazole rings is 1. The summed E-state index contributed by atoms with van der Waals surface area (Å²) in [5, 5.41) is 11.9. The standard InChI is InChI=1S/C22H16FNO3S/c1-13-20(22(25)26)28-21(24-13)19-17-5-3-2-4-15(17)8-11-18(19)27-12-14-6-9-16(23)10-7-14/h2-11H,12H2,1H3,(H,25,26). The molecule has 0 saturated carbocycles. The Bertz CT molecular complexity index is 1170. The number of aromatic nitrogens is 1. The average molecular weight is 393 g/mol. The fraction of sp³-hybridized carbons (Fsp3) is 0.0909. The molecule has 4 aromatic rings. The van der Waals surface area contributed by atoms with Crippen molar-refractivity contribution in [1.82, 2.24) is 4.98 Å². The van der Waals surface area contributed by atoms with Crippen LogP contribution in [0.4, 0.5) is 4.39 Å². The van der Waals surface area contributed by atoms with E-state index in [4.69, 9.17) is 4.74 Å². The minimum Gasteiger partial charge on any atom is -0.488 e. The van der Waals surface area contributed by atoms with Crippen LogP contribution in [0, 0.1) is 12.7 Å². The molecule has 6 heteroatoms. The highest BCUT2D eigenvalue weighted by molar-refractivity contribution is 7.17. The summed E-state index contributed by atoms with van der Waals surface area (Å²) in [6.45, 7) is 1.95. The lowest BCUT2D eigenvalue weighted by atomic mass is 10.0. The zero-order chi connectivity index (χ0) is 19.7. The minimum atomic E-state index is -0.990. The fourth-order valence-electron chi connectivity index (χ4n) is 3.04. The van der Waals surface area contributed by atoms with Crippen LogP contribution in [0.25, 0.3) is 21.3 Å². The Labute approximate surface area is 164 Å². The maximum absolute atomic E-state index is 13.1. The van der Waals surface area contributed by atoms with Crippen LogP contribution >= 0.6 is 11.3 Å². The van der Waals surface area contributed by atoms with E-state index in [9.17, 15) is 14.3 Å². The summed E-state index contributed by atoms with van der Waals surface area (Å²) in [5.74, 6) is -0.682. The Morgan fingerprint density at radius 1 is 1.11 bits per heavy atom. The molecule has 0 aliphatic rings. The van der Waals surface area contributed by atoms with Gasteiger partial charge >= 0.3 is 5.97 Å². The molecule has 0 spiro atoms. The maximum Gasteiger partial charge on any atom is 0.347 e. The first-order valence-electron chi connectivity index (χ1n) is 8.63. The molecule has 0 saturated heterocycles. The molecule has 1 N–H and O–H groups in total. The Kier molecular flexibility index (Phi) is 4.79. The Morgan fingerprint density at radius 3 is 2.57 bits per heavy atom.